The molecule has 0 aliphatic rings. The summed E-state index contributed by atoms with van der Waals surface area (Å²) in [4.78, 5) is 21.8. The summed E-state index contributed by atoms with van der Waals surface area (Å²) in [6.07, 6.45) is 0. The van der Waals surface area contributed by atoms with E-state index in [1.165, 1.54) is 12.1 Å². The molecule has 0 saturated heterocycles. The van der Waals surface area contributed by atoms with Gasteiger partial charge in [0.2, 0.25) is 5.91 Å². The smallest absolute Gasteiger partial charge is 0.327 e. The lowest BCUT2D eigenvalue weighted by Gasteiger charge is -2.12. The highest BCUT2D eigenvalue weighted by atomic mass is 32.2. The topological polar surface area (TPSA) is 107 Å². The number of carbonyl (C=O) groups excluding carboxylic acids is 1. The molecule has 2 atom stereocenters. The number of nitriles is 1. The Kier molecular flexibility index (Phi) is 5.99. The quantitative estimate of drug-likeness (QED) is 0.797. The van der Waals surface area contributed by atoms with Gasteiger partial charge >= 0.3 is 5.97 Å². The number of carboxylic acids is 1. The molecule has 1 aromatic carbocycles. The van der Waals surface area contributed by atoms with Gasteiger partial charge in [0.15, 0.2) is 0 Å². The van der Waals surface area contributed by atoms with Crippen LogP contribution in [0.1, 0.15) is 18.1 Å². The molecule has 2 N–H and O–H groups in total. The van der Waals surface area contributed by atoms with Crippen molar-refractivity contribution >= 4 is 22.7 Å². The molecule has 0 bridgehead atoms. The van der Waals surface area contributed by atoms with Gasteiger partial charge < -0.3 is 10.4 Å². The van der Waals surface area contributed by atoms with Crippen LogP contribution in [0.4, 0.5) is 4.39 Å². The normalized spacial score (nSPS) is 13.0. The van der Waals surface area contributed by atoms with Gasteiger partial charge in [-0.15, -0.1) is 0 Å². The lowest BCUT2D eigenvalue weighted by Crippen LogP contribution is -2.43. The maximum absolute atomic E-state index is 13.1. The minimum absolute atomic E-state index is 0.0294. The van der Waals surface area contributed by atoms with Crippen molar-refractivity contribution in [3.63, 3.8) is 0 Å². The number of benzene rings is 1. The fraction of sp³-hybridized carbons (Fsp3) is 0.308. The molecule has 1 unspecified atom stereocenters. The van der Waals surface area contributed by atoms with Crippen molar-refractivity contribution in [2.75, 3.05) is 5.75 Å². The number of aliphatic carboxylic acids is 1. The highest BCUT2D eigenvalue weighted by Crippen LogP contribution is 2.11. The van der Waals surface area contributed by atoms with Crippen LogP contribution in [0.5, 0.6) is 0 Å². The van der Waals surface area contributed by atoms with Gasteiger partial charge in [0.05, 0.1) is 11.3 Å². The zero-order chi connectivity index (χ0) is 16.0. The zero-order valence-electron chi connectivity index (χ0n) is 11.1. The van der Waals surface area contributed by atoms with Gasteiger partial charge in [0.1, 0.15) is 17.9 Å². The predicted molar refractivity (Wildman–Crippen MR) is 73.1 cm³/mol. The number of carbonyl (C=O) groups is 2. The molecule has 112 valence electrons. The second-order valence-electron chi connectivity index (χ2n) is 4.27. The van der Waals surface area contributed by atoms with Crippen LogP contribution in [0.2, 0.25) is 0 Å². The summed E-state index contributed by atoms with van der Waals surface area (Å²) in [7, 11) is -1.58. The van der Waals surface area contributed by atoms with E-state index in [1.54, 1.807) is 6.07 Å². The molecule has 21 heavy (non-hydrogen) atoms. The third-order valence-corrected chi connectivity index (χ3v) is 3.87. The number of halogens is 1. The summed E-state index contributed by atoms with van der Waals surface area (Å²) in [5, 5.41) is 19.8. The summed E-state index contributed by atoms with van der Waals surface area (Å²) < 4.78 is 25.1. The van der Waals surface area contributed by atoms with E-state index in [9.17, 15) is 18.2 Å². The third-order valence-electron chi connectivity index (χ3n) is 2.51. The van der Waals surface area contributed by atoms with Crippen LogP contribution >= 0.6 is 0 Å². The monoisotopic (exact) mass is 312 g/mol. The van der Waals surface area contributed by atoms with Crippen molar-refractivity contribution in [2.45, 2.75) is 18.7 Å². The Hall–Kier alpha value is -2.27. The van der Waals surface area contributed by atoms with E-state index in [-0.39, 0.29) is 17.1 Å². The Morgan fingerprint density at radius 2 is 2.19 bits per heavy atom. The molecule has 0 fully saturated rings. The first-order chi connectivity index (χ1) is 9.83. The van der Waals surface area contributed by atoms with Gasteiger partial charge in [-0.2, -0.15) is 5.26 Å². The van der Waals surface area contributed by atoms with Gasteiger partial charge in [-0.3, -0.25) is 9.00 Å². The molecule has 0 aliphatic heterocycles. The van der Waals surface area contributed by atoms with Crippen LogP contribution in [0.15, 0.2) is 18.2 Å². The number of carboxylic acid groups (broad SMARTS) is 1. The molecule has 0 spiro atoms. The summed E-state index contributed by atoms with van der Waals surface area (Å²) in [6.45, 7) is 1.16. The minimum Gasteiger partial charge on any atom is -0.480 e. The lowest BCUT2D eigenvalue weighted by molar-refractivity contribution is -0.140. The fourth-order valence-electron chi connectivity index (χ4n) is 1.60. The third kappa shape index (κ3) is 5.31. The van der Waals surface area contributed by atoms with E-state index in [0.29, 0.717) is 5.56 Å². The first-order valence-electron chi connectivity index (χ1n) is 5.87. The van der Waals surface area contributed by atoms with Crippen molar-refractivity contribution in [3.05, 3.63) is 35.1 Å². The second kappa shape index (κ2) is 7.50. The van der Waals surface area contributed by atoms with Crippen LogP contribution in [-0.4, -0.2) is 33.0 Å². The van der Waals surface area contributed by atoms with Gasteiger partial charge in [0.25, 0.3) is 0 Å². The van der Waals surface area contributed by atoms with E-state index in [4.69, 9.17) is 10.4 Å². The average molecular weight is 312 g/mol. The van der Waals surface area contributed by atoms with Gasteiger partial charge in [-0.25, -0.2) is 9.18 Å². The van der Waals surface area contributed by atoms with Crippen molar-refractivity contribution in [2.24, 2.45) is 0 Å². The molecule has 1 amide bonds. The number of hydrogen-bond donors (Lipinski definition) is 2. The fourth-order valence-corrected chi connectivity index (χ4v) is 2.87. The van der Waals surface area contributed by atoms with Crippen molar-refractivity contribution < 1.29 is 23.3 Å². The van der Waals surface area contributed by atoms with Crippen LogP contribution < -0.4 is 5.32 Å². The standard InChI is InChI=1S/C13H13FN2O4S/c1-8(17)16-12(13(18)19)7-21(20)6-9-2-3-11(14)10(4-9)5-15/h2-4,12H,6-7H2,1H3,(H,16,17)(H,18,19)/t12-,21?/m0/s1. The maximum Gasteiger partial charge on any atom is 0.327 e. The molecule has 0 radical (unpaired) electrons. The maximum atomic E-state index is 13.1. The molecule has 1 rings (SSSR count). The number of hydrogen-bond acceptors (Lipinski definition) is 4. The largest absolute Gasteiger partial charge is 0.480 e. The number of nitrogens with zero attached hydrogens (tertiary/aromatic N) is 1. The van der Waals surface area contributed by atoms with E-state index >= 15 is 0 Å². The lowest BCUT2D eigenvalue weighted by atomic mass is 10.1. The average Bonchev–Trinajstić information content (AvgIpc) is 2.39. The molecule has 8 heteroatoms. The Morgan fingerprint density at radius 3 is 2.71 bits per heavy atom. The van der Waals surface area contributed by atoms with Crippen molar-refractivity contribution in [1.82, 2.24) is 5.32 Å². The number of rotatable bonds is 6. The zero-order valence-corrected chi connectivity index (χ0v) is 11.9. The van der Waals surface area contributed by atoms with Crippen LogP contribution in [0.25, 0.3) is 0 Å². The molecular formula is C13H13FN2O4S. The number of nitrogens with one attached hydrogen (secondary N) is 1. The van der Waals surface area contributed by atoms with E-state index in [1.807, 2.05) is 0 Å². The summed E-state index contributed by atoms with van der Waals surface area (Å²) >= 11 is 0. The van der Waals surface area contributed by atoms with Crippen molar-refractivity contribution in [3.8, 4) is 6.07 Å². The van der Waals surface area contributed by atoms with Crippen LogP contribution in [-0.2, 0) is 26.1 Å². The minimum atomic E-state index is -1.58. The van der Waals surface area contributed by atoms with E-state index < -0.39 is 34.5 Å². The van der Waals surface area contributed by atoms with Gasteiger partial charge in [-0.05, 0) is 17.7 Å². The van der Waals surface area contributed by atoms with Gasteiger partial charge in [-0.1, -0.05) is 6.07 Å². The summed E-state index contributed by atoms with van der Waals surface area (Å²) in [5.74, 6) is -2.79. The van der Waals surface area contributed by atoms with Crippen LogP contribution in [0.3, 0.4) is 0 Å². The Morgan fingerprint density at radius 1 is 1.52 bits per heavy atom. The molecule has 0 saturated carbocycles. The van der Waals surface area contributed by atoms with Crippen molar-refractivity contribution in [1.29, 1.82) is 5.26 Å². The molecular weight excluding hydrogens is 299 g/mol. The van der Waals surface area contributed by atoms with Gasteiger partial charge in [0, 0.05) is 23.5 Å². The molecule has 0 aliphatic carbocycles. The highest BCUT2D eigenvalue weighted by Gasteiger charge is 2.21. The van der Waals surface area contributed by atoms with Crippen LogP contribution in [0, 0.1) is 17.1 Å². The first kappa shape index (κ1) is 16.8. The summed E-state index contributed by atoms with van der Waals surface area (Å²) in [6, 6.07) is 4.15. The van der Waals surface area contributed by atoms with E-state index in [0.717, 1.165) is 13.0 Å². The SMILES string of the molecule is CC(=O)N[C@@H](CS(=O)Cc1ccc(F)c(C#N)c1)C(=O)O. The Bertz CT molecular complexity index is 627. The molecule has 0 heterocycles. The molecule has 6 nitrogen and oxygen atoms in total. The first-order valence-corrected chi connectivity index (χ1v) is 7.35. The number of amides is 1. The molecule has 1 aromatic rings. The Balaban J connectivity index is 2.74. The second-order valence-corrected chi connectivity index (χ2v) is 5.77. The summed E-state index contributed by atoms with van der Waals surface area (Å²) in [5.41, 5.74) is 0.291. The molecule has 0 aromatic heterocycles. The predicted octanol–water partition coefficient (Wildman–Crippen LogP) is 0.535. The highest BCUT2D eigenvalue weighted by molar-refractivity contribution is 7.84. The Labute approximate surface area is 123 Å². The van der Waals surface area contributed by atoms with E-state index in [2.05, 4.69) is 5.32 Å².